The van der Waals surface area contributed by atoms with Crippen LogP contribution >= 0.6 is 23.4 Å². The van der Waals surface area contributed by atoms with Crippen LogP contribution in [0.15, 0.2) is 53.4 Å². The Morgan fingerprint density at radius 2 is 1.79 bits per heavy atom. The van der Waals surface area contributed by atoms with E-state index in [1.54, 1.807) is 18.9 Å². The molecule has 2 aromatic rings. The Morgan fingerprint density at radius 3 is 2.42 bits per heavy atom. The van der Waals surface area contributed by atoms with Crippen LogP contribution in [0, 0.1) is 0 Å². The molecule has 0 saturated carbocycles. The average Bonchev–Trinajstić information content (AvgIpc) is 2.48. The van der Waals surface area contributed by atoms with Crippen LogP contribution in [-0.2, 0) is 6.42 Å². The molecule has 1 atom stereocenters. The molecule has 0 heterocycles. The fourth-order valence-corrected chi connectivity index (χ4v) is 2.72. The van der Waals surface area contributed by atoms with E-state index in [4.69, 9.17) is 16.3 Å². The van der Waals surface area contributed by atoms with E-state index in [2.05, 4.69) is 36.6 Å². The number of para-hydroxylation sites is 1. The highest BCUT2D eigenvalue weighted by atomic mass is 35.5. The zero-order valence-corrected chi connectivity index (χ0v) is 12.7. The van der Waals surface area contributed by atoms with Crippen molar-refractivity contribution >= 4 is 23.4 Å². The number of methoxy groups -OCH3 is 1. The third-order valence-electron chi connectivity index (χ3n) is 3.07. The number of alkyl halides is 1. The summed E-state index contributed by atoms with van der Waals surface area (Å²) in [7, 11) is 1.69. The Balaban J connectivity index is 2.13. The molecule has 0 bridgehead atoms. The van der Waals surface area contributed by atoms with Gasteiger partial charge in [-0.25, -0.2) is 0 Å². The molecule has 19 heavy (non-hydrogen) atoms. The van der Waals surface area contributed by atoms with Crippen LogP contribution < -0.4 is 4.74 Å². The number of halogens is 1. The molecule has 0 saturated heterocycles. The first-order chi connectivity index (χ1) is 9.24. The molecule has 0 aliphatic heterocycles. The summed E-state index contributed by atoms with van der Waals surface area (Å²) < 4.78 is 5.36. The largest absolute Gasteiger partial charge is 0.496 e. The molecule has 100 valence electrons. The summed E-state index contributed by atoms with van der Waals surface area (Å²) in [6.45, 7) is 0. The van der Waals surface area contributed by atoms with Crippen LogP contribution in [0.4, 0.5) is 0 Å². The van der Waals surface area contributed by atoms with E-state index in [1.165, 1.54) is 4.90 Å². The molecule has 0 fully saturated rings. The van der Waals surface area contributed by atoms with Crippen molar-refractivity contribution in [2.24, 2.45) is 0 Å². The summed E-state index contributed by atoms with van der Waals surface area (Å²) in [4.78, 5) is 1.25. The zero-order chi connectivity index (χ0) is 13.7. The second-order valence-electron chi connectivity index (χ2n) is 4.26. The van der Waals surface area contributed by atoms with Crippen molar-refractivity contribution in [2.45, 2.75) is 16.7 Å². The minimum atomic E-state index is -0.0350. The third kappa shape index (κ3) is 3.68. The topological polar surface area (TPSA) is 9.23 Å². The van der Waals surface area contributed by atoms with Gasteiger partial charge in [-0.2, -0.15) is 0 Å². The minimum absolute atomic E-state index is 0.0350. The molecule has 2 aromatic carbocycles. The first-order valence-corrected chi connectivity index (χ1v) is 7.80. The van der Waals surface area contributed by atoms with E-state index in [0.29, 0.717) is 0 Å². The Bertz CT molecular complexity index is 525. The third-order valence-corrected chi connectivity index (χ3v) is 4.22. The van der Waals surface area contributed by atoms with Crippen LogP contribution in [-0.4, -0.2) is 13.4 Å². The summed E-state index contributed by atoms with van der Waals surface area (Å²) in [6.07, 6.45) is 2.84. The number of rotatable bonds is 5. The maximum Gasteiger partial charge on any atom is 0.122 e. The molecular weight excluding hydrogens is 276 g/mol. The van der Waals surface area contributed by atoms with Gasteiger partial charge in [0.1, 0.15) is 5.75 Å². The zero-order valence-electron chi connectivity index (χ0n) is 11.1. The van der Waals surface area contributed by atoms with Crippen molar-refractivity contribution in [3.8, 4) is 5.75 Å². The summed E-state index contributed by atoms with van der Waals surface area (Å²) in [6, 6.07) is 16.4. The molecule has 1 unspecified atom stereocenters. The van der Waals surface area contributed by atoms with Gasteiger partial charge < -0.3 is 4.74 Å². The number of hydrogen-bond acceptors (Lipinski definition) is 2. The fourth-order valence-electron chi connectivity index (χ4n) is 2.00. The van der Waals surface area contributed by atoms with Crippen molar-refractivity contribution in [3.05, 3.63) is 59.7 Å². The van der Waals surface area contributed by atoms with Crippen LogP contribution in [0.3, 0.4) is 0 Å². The highest BCUT2D eigenvalue weighted by Gasteiger charge is 2.11. The van der Waals surface area contributed by atoms with Crippen molar-refractivity contribution in [2.75, 3.05) is 13.4 Å². The van der Waals surface area contributed by atoms with Gasteiger partial charge in [0.25, 0.3) is 0 Å². The monoisotopic (exact) mass is 292 g/mol. The van der Waals surface area contributed by atoms with E-state index in [-0.39, 0.29) is 5.38 Å². The lowest BCUT2D eigenvalue weighted by molar-refractivity contribution is 0.409. The van der Waals surface area contributed by atoms with Crippen molar-refractivity contribution < 1.29 is 4.74 Å². The smallest absolute Gasteiger partial charge is 0.122 e. The summed E-state index contributed by atoms with van der Waals surface area (Å²) >= 11 is 8.24. The van der Waals surface area contributed by atoms with E-state index in [1.807, 2.05) is 18.2 Å². The van der Waals surface area contributed by atoms with Gasteiger partial charge in [-0.05, 0) is 42.0 Å². The molecule has 3 heteroatoms. The van der Waals surface area contributed by atoms with Gasteiger partial charge in [-0.1, -0.05) is 30.3 Å². The second kappa shape index (κ2) is 6.88. The summed E-state index contributed by atoms with van der Waals surface area (Å²) in [5.41, 5.74) is 2.28. The second-order valence-corrected chi connectivity index (χ2v) is 5.66. The summed E-state index contributed by atoms with van der Waals surface area (Å²) in [5, 5.41) is -0.0350. The predicted octanol–water partition coefficient (Wildman–Crippen LogP) is 4.94. The van der Waals surface area contributed by atoms with E-state index < -0.39 is 0 Å². The molecule has 0 amide bonds. The normalized spacial score (nSPS) is 12.2. The van der Waals surface area contributed by atoms with Gasteiger partial charge in [0.05, 0.1) is 12.5 Å². The number of thioether (sulfide) groups is 1. The first-order valence-electron chi connectivity index (χ1n) is 6.14. The maximum absolute atomic E-state index is 6.50. The Labute approximate surface area is 123 Å². The van der Waals surface area contributed by atoms with Gasteiger partial charge in [-0.3, -0.25) is 0 Å². The lowest BCUT2D eigenvalue weighted by Gasteiger charge is -2.13. The molecule has 0 N–H and O–H groups in total. The van der Waals surface area contributed by atoms with Crippen LogP contribution in [0.25, 0.3) is 0 Å². The Hall–Kier alpha value is -1.12. The standard InChI is InChI=1S/C16H17ClOS/c1-18-16-6-4-3-5-13(16)11-15(17)12-7-9-14(19-2)10-8-12/h3-10,15H,11H2,1-2H3. The highest BCUT2D eigenvalue weighted by molar-refractivity contribution is 7.98. The predicted molar refractivity (Wildman–Crippen MR) is 83.5 cm³/mol. The van der Waals surface area contributed by atoms with Crippen molar-refractivity contribution in [3.63, 3.8) is 0 Å². The molecule has 0 aromatic heterocycles. The van der Waals surface area contributed by atoms with Gasteiger partial charge in [-0.15, -0.1) is 23.4 Å². The van der Waals surface area contributed by atoms with Crippen LogP contribution in [0.1, 0.15) is 16.5 Å². The van der Waals surface area contributed by atoms with E-state index in [9.17, 15) is 0 Å². The molecule has 0 spiro atoms. The van der Waals surface area contributed by atoms with Gasteiger partial charge in [0, 0.05) is 4.90 Å². The summed E-state index contributed by atoms with van der Waals surface area (Å²) in [5.74, 6) is 0.897. The van der Waals surface area contributed by atoms with E-state index >= 15 is 0 Å². The molecule has 2 rings (SSSR count). The Morgan fingerprint density at radius 1 is 1.11 bits per heavy atom. The highest BCUT2D eigenvalue weighted by Crippen LogP contribution is 2.30. The molecule has 1 nitrogen and oxygen atoms in total. The lowest BCUT2D eigenvalue weighted by Crippen LogP contribution is -1.98. The van der Waals surface area contributed by atoms with E-state index in [0.717, 1.165) is 23.3 Å². The van der Waals surface area contributed by atoms with Gasteiger partial charge in [0.15, 0.2) is 0 Å². The van der Waals surface area contributed by atoms with Gasteiger partial charge in [0.2, 0.25) is 0 Å². The number of ether oxygens (including phenoxy) is 1. The quantitative estimate of drug-likeness (QED) is 0.570. The minimum Gasteiger partial charge on any atom is -0.496 e. The average molecular weight is 293 g/mol. The van der Waals surface area contributed by atoms with Crippen LogP contribution in [0.2, 0.25) is 0 Å². The molecule has 0 radical (unpaired) electrons. The maximum atomic E-state index is 6.50. The Kier molecular flexibility index (Phi) is 5.17. The molecular formula is C16H17ClOS. The van der Waals surface area contributed by atoms with Gasteiger partial charge >= 0.3 is 0 Å². The molecule has 0 aliphatic rings. The first kappa shape index (κ1) is 14.3. The van der Waals surface area contributed by atoms with Crippen LogP contribution in [0.5, 0.6) is 5.75 Å². The molecule has 0 aliphatic carbocycles. The number of benzene rings is 2. The SMILES string of the molecule is COc1ccccc1CC(Cl)c1ccc(SC)cc1. The lowest BCUT2D eigenvalue weighted by atomic mass is 10.0. The fraction of sp³-hybridized carbons (Fsp3) is 0.250. The number of hydrogen-bond donors (Lipinski definition) is 0. The van der Waals surface area contributed by atoms with Crippen molar-refractivity contribution in [1.29, 1.82) is 0 Å². The van der Waals surface area contributed by atoms with Crippen molar-refractivity contribution in [1.82, 2.24) is 0 Å².